The highest BCUT2D eigenvalue weighted by molar-refractivity contribution is 5.62. The van der Waals surface area contributed by atoms with E-state index in [1.807, 2.05) is 0 Å². The Bertz CT molecular complexity index is 476. The van der Waals surface area contributed by atoms with Gasteiger partial charge in [-0.3, -0.25) is 5.10 Å². The van der Waals surface area contributed by atoms with Crippen LogP contribution in [-0.4, -0.2) is 21.4 Å². The number of halogens is 1. The van der Waals surface area contributed by atoms with Gasteiger partial charge in [0.25, 0.3) is 0 Å². The predicted molar refractivity (Wildman–Crippen MR) is 64.0 cm³/mol. The summed E-state index contributed by atoms with van der Waals surface area (Å²) in [5, 5.41) is 16.2. The van der Waals surface area contributed by atoms with Gasteiger partial charge >= 0.3 is 0 Å². The summed E-state index contributed by atoms with van der Waals surface area (Å²) in [7, 11) is 0. The summed E-state index contributed by atoms with van der Waals surface area (Å²) < 4.78 is 12.8. The molecule has 0 aliphatic carbocycles. The van der Waals surface area contributed by atoms with Gasteiger partial charge in [-0.05, 0) is 49.6 Å². The van der Waals surface area contributed by atoms with Crippen LogP contribution in [0.15, 0.2) is 30.5 Å². The van der Waals surface area contributed by atoms with Gasteiger partial charge in [0.1, 0.15) is 5.82 Å². The average molecular weight is 234 g/mol. The van der Waals surface area contributed by atoms with Gasteiger partial charge in [-0.15, -0.1) is 0 Å². The Morgan fingerprint density at radius 2 is 2.06 bits per heavy atom. The summed E-state index contributed by atoms with van der Waals surface area (Å²) in [6.07, 6.45) is 2.86. The quantitative estimate of drug-likeness (QED) is 0.854. The third kappa shape index (κ3) is 2.91. The van der Waals surface area contributed by atoms with E-state index < -0.39 is 0 Å². The molecule has 2 N–H and O–H groups in total. The van der Waals surface area contributed by atoms with E-state index in [0.29, 0.717) is 6.42 Å². The van der Waals surface area contributed by atoms with E-state index in [-0.39, 0.29) is 11.9 Å². The Balaban J connectivity index is 2.21. The molecule has 4 heteroatoms. The summed E-state index contributed by atoms with van der Waals surface area (Å²) >= 11 is 0. The second-order valence-corrected chi connectivity index (χ2v) is 4.16. The molecular weight excluding hydrogens is 219 g/mol. The summed E-state index contributed by atoms with van der Waals surface area (Å²) in [5.74, 6) is -0.251. The van der Waals surface area contributed by atoms with Crippen molar-refractivity contribution in [3.05, 3.63) is 41.8 Å². The fraction of sp³-hybridized carbons (Fsp3) is 0.308. The Kier molecular flexibility index (Phi) is 3.54. The average Bonchev–Trinajstić information content (AvgIpc) is 2.75. The molecule has 0 saturated carbocycles. The van der Waals surface area contributed by atoms with Crippen LogP contribution in [0.2, 0.25) is 0 Å². The molecule has 0 unspecified atom stereocenters. The van der Waals surface area contributed by atoms with E-state index in [2.05, 4.69) is 10.2 Å². The molecule has 0 spiro atoms. The zero-order chi connectivity index (χ0) is 12.3. The van der Waals surface area contributed by atoms with Crippen molar-refractivity contribution in [1.29, 1.82) is 0 Å². The van der Waals surface area contributed by atoms with Crippen molar-refractivity contribution in [2.45, 2.75) is 25.9 Å². The van der Waals surface area contributed by atoms with Crippen LogP contribution in [0.4, 0.5) is 4.39 Å². The number of aliphatic hydroxyl groups excluding tert-OH is 1. The molecule has 17 heavy (non-hydrogen) atoms. The first-order valence-electron chi connectivity index (χ1n) is 5.63. The van der Waals surface area contributed by atoms with Gasteiger partial charge in [-0.25, -0.2) is 4.39 Å². The maximum absolute atomic E-state index is 12.8. The number of benzene rings is 1. The van der Waals surface area contributed by atoms with Gasteiger partial charge in [0, 0.05) is 5.56 Å². The fourth-order valence-electron chi connectivity index (χ4n) is 1.73. The van der Waals surface area contributed by atoms with Gasteiger partial charge < -0.3 is 5.11 Å². The van der Waals surface area contributed by atoms with Gasteiger partial charge in [0.15, 0.2) is 0 Å². The zero-order valence-corrected chi connectivity index (χ0v) is 9.65. The molecule has 2 aromatic rings. The summed E-state index contributed by atoms with van der Waals surface area (Å²) in [6, 6.07) is 6.28. The van der Waals surface area contributed by atoms with Crippen molar-refractivity contribution in [3.8, 4) is 11.3 Å². The molecule has 1 aromatic heterocycles. The van der Waals surface area contributed by atoms with Gasteiger partial charge in [0.2, 0.25) is 0 Å². The summed E-state index contributed by atoms with van der Waals surface area (Å²) in [4.78, 5) is 0. The van der Waals surface area contributed by atoms with Crippen LogP contribution in [0.1, 0.15) is 18.9 Å². The Morgan fingerprint density at radius 1 is 1.35 bits per heavy atom. The lowest BCUT2D eigenvalue weighted by atomic mass is 10.0. The van der Waals surface area contributed by atoms with Crippen molar-refractivity contribution in [3.63, 3.8) is 0 Å². The van der Waals surface area contributed by atoms with Gasteiger partial charge in [0.05, 0.1) is 18.0 Å². The van der Waals surface area contributed by atoms with Crippen LogP contribution < -0.4 is 0 Å². The maximum atomic E-state index is 12.8. The van der Waals surface area contributed by atoms with Crippen LogP contribution >= 0.6 is 0 Å². The first kappa shape index (κ1) is 11.8. The first-order valence-corrected chi connectivity index (χ1v) is 5.63. The number of aromatic nitrogens is 2. The Labute approximate surface area is 99.3 Å². The highest BCUT2D eigenvalue weighted by Gasteiger charge is 2.08. The van der Waals surface area contributed by atoms with Crippen molar-refractivity contribution < 1.29 is 9.50 Å². The Hall–Kier alpha value is -1.68. The number of hydrogen-bond donors (Lipinski definition) is 2. The topological polar surface area (TPSA) is 48.9 Å². The third-order valence-electron chi connectivity index (χ3n) is 2.68. The number of aliphatic hydroxyl groups is 1. The van der Waals surface area contributed by atoms with Gasteiger partial charge in [-0.2, -0.15) is 5.10 Å². The fourth-order valence-corrected chi connectivity index (χ4v) is 1.73. The van der Waals surface area contributed by atoms with Crippen LogP contribution in [-0.2, 0) is 6.42 Å². The number of rotatable bonds is 4. The van der Waals surface area contributed by atoms with E-state index in [9.17, 15) is 9.50 Å². The molecule has 1 heterocycles. The molecular formula is C13H15FN2O. The molecule has 2 rings (SSSR count). The van der Waals surface area contributed by atoms with Crippen molar-refractivity contribution in [2.75, 3.05) is 0 Å². The SMILES string of the molecule is C[C@@H](O)CCc1cn[nH]c1-c1ccc(F)cc1. The summed E-state index contributed by atoms with van der Waals surface area (Å²) in [5.41, 5.74) is 2.84. The highest BCUT2D eigenvalue weighted by Crippen LogP contribution is 2.22. The third-order valence-corrected chi connectivity index (χ3v) is 2.68. The predicted octanol–water partition coefficient (Wildman–Crippen LogP) is 2.53. The second kappa shape index (κ2) is 5.10. The number of nitrogens with zero attached hydrogens (tertiary/aromatic N) is 1. The smallest absolute Gasteiger partial charge is 0.123 e. The van der Waals surface area contributed by atoms with Gasteiger partial charge in [-0.1, -0.05) is 0 Å². The van der Waals surface area contributed by atoms with Crippen LogP contribution in [0, 0.1) is 5.82 Å². The molecule has 0 fully saturated rings. The number of hydrogen-bond acceptors (Lipinski definition) is 2. The minimum atomic E-state index is -0.328. The first-order chi connectivity index (χ1) is 8.16. The normalized spacial score (nSPS) is 12.6. The monoisotopic (exact) mass is 234 g/mol. The molecule has 3 nitrogen and oxygen atoms in total. The van der Waals surface area contributed by atoms with Crippen molar-refractivity contribution in [2.24, 2.45) is 0 Å². The largest absolute Gasteiger partial charge is 0.393 e. The van der Waals surface area contributed by atoms with E-state index in [1.54, 1.807) is 25.3 Å². The second-order valence-electron chi connectivity index (χ2n) is 4.16. The molecule has 0 radical (unpaired) electrons. The van der Waals surface area contributed by atoms with Crippen LogP contribution in [0.25, 0.3) is 11.3 Å². The molecule has 1 aromatic carbocycles. The van der Waals surface area contributed by atoms with E-state index in [4.69, 9.17) is 0 Å². The van der Waals surface area contributed by atoms with Crippen molar-refractivity contribution in [1.82, 2.24) is 10.2 Å². The van der Waals surface area contributed by atoms with E-state index >= 15 is 0 Å². The number of aromatic amines is 1. The minimum Gasteiger partial charge on any atom is -0.393 e. The molecule has 0 aliphatic heterocycles. The molecule has 0 bridgehead atoms. The lowest BCUT2D eigenvalue weighted by Crippen LogP contribution is -2.01. The highest BCUT2D eigenvalue weighted by atomic mass is 19.1. The Morgan fingerprint density at radius 3 is 2.71 bits per heavy atom. The lowest BCUT2D eigenvalue weighted by molar-refractivity contribution is 0.185. The molecule has 0 saturated heterocycles. The molecule has 1 atom stereocenters. The van der Waals surface area contributed by atoms with E-state index in [1.165, 1.54) is 12.1 Å². The zero-order valence-electron chi connectivity index (χ0n) is 9.65. The number of H-pyrrole nitrogens is 1. The van der Waals surface area contributed by atoms with E-state index in [0.717, 1.165) is 23.2 Å². The standard InChI is InChI=1S/C13H15FN2O/c1-9(17)2-3-11-8-15-16-13(11)10-4-6-12(14)7-5-10/h4-9,17H,2-3H2,1H3,(H,15,16)/t9-/m1/s1. The number of nitrogens with one attached hydrogen (secondary N) is 1. The van der Waals surface area contributed by atoms with Crippen LogP contribution in [0.3, 0.4) is 0 Å². The minimum absolute atomic E-state index is 0.251. The summed E-state index contributed by atoms with van der Waals surface area (Å²) in [6.45, 7) is 1.76. The molecule has 0 aliphatic rings. The molecule has 0 amide bonds. The molecule has 90 valence electrons. The maximum Gasteiger partial charge on any atom is 0.123 e. The lowest BCUT2D eigenvalue weighted by Gasteiger charge is -2.05. The van der Waals surface area contributed by atoms with Crippen LogP contribution in [0.5, 0.6) is 0 Å². The number of aryl methyl sites for hydroxylation is 1. The van der Waals surface area contributed by atoms with Crippen molar-refractivity contribution >= 4 is 0 Å².